The van der Waals surface area contributed by atoms with E-state index in [2.05, 4.69) is 15.3 Å². The second-order valence-corrected chi connectivity index (χ2v) is 5.87. The summed E-state index contributed by atoms with van der Waals surface area (Å²) in [5, 5.41) is 15.4. The summed E-state index contributed by atoms with van der Waals surface area (Å²) in [5.41, 5.74) is 2.71. The van der Waals surface area contributed by atoms with Crippen LogP contribution < -0.4 is 4.90 Å². The van der Waals surface area contributed by atoms with Gasteiger partial charge in [0.15, 0.2) is 16.6 Å². The van der Waals surface area contributed by atoms with E-state index in [0.29, 0.717) is 16.6 Å². The van der Waals surface area contributed by atoms with Crippen LogP contribution in [0.2, 0.25) is 5.15 Å². The minimum atomic E-state index is 0.441. The van der Waals surface area contributed by atoms with Gasteiger partial charge in [-0.2, -0.15) is 9.61 Å². The molecule has 0 aliphatic heterocycles. The number of aromatic nitrogens is 4. The largest absolute Gasteiger partial charge is 0.377 e. The average molecular weight is 324 g/mol. The van der Waals surface area contributed by atoms with Crippen molar-refractivity contribution in [1.82, 2.24) is 19.8 Å². The smallest absolute Gasteiger partial charge is 0.187 e. The van der Waals surface area contributed by atoms with Crippen molar-refractivity contribution in [3.05, 3.63) is 53.7 Å². The third kappa shape index (κ3) is 2.12. The Bertz CT molecular complexity index is 1020. The maximum atomic E-state index is 6.36. The van der Waals surface area contributed by atoms with Crippen molar-refractivity contribution >= 4 is 33.7 Å². The average Bonchev–Trinajstić information content (AvgIpc) is 2.99. The van der Waals surface area contributed by atoms with E-state index in [0.717, 1.165) is 22.0 Å². The molecule has 114 valence electrons. The van der Waals surface area contributed by atoms with Crippen molar-refractivity contribution < 1.29 is 0 Å². The molecule has 0 spiro atoms. The third-order valence-corrected chi connectivity index (χ3v) is 4.12. The van der Waals surface area contributed by atoms with Crippen LogP contribution >= 0.6 is 11.6 Å². The fourth-order valence-corrected chi connectivity index (χ4v) is 3.00. The number of hydrogen-bond acceptors (Lipinski definition) is 4. The molecule has 0 saturated heterocycles. The van der Waals surface area contributed by atoms with E-state index in [9.17, 15) is 0 Å². The van der Waals surface area contributed by atoms with Crippen LogP contribution in [0.4, 0.5) is 5.69 Å². The van der Waals surface area contributed by atoms with Crippen LogP contribution in [-0.4, -0.2) is 33.9 Å². The molecule has 4 rings (SSSR count). The summed E-state index contributed by atoms with van der Waals surface area (Å²) in [7, 11) is 4.00. The number of anilines is 1. The predicted octanol–water partition coefficient (Wildman–Crippen LogP) is 3.66. The first-order valence-corrected chi connectivity index (χ1v) is 7.61. The minimum absolute atomic E-state index is 0.441. The second kappa shape index (κ2) is 5.21. The molecular formula is C17H14ClN5. The van der Waals surface area contributed by atoms with Crippen molar-refractivity contribution in [3.8, 4) is 11.4 Å². The Morgan fingerprint density at radius 3 is 2.39 bits per heavy atom. The summed E-state index contributed by atoms with van der Waals surface area (Å²) in [6.07, 6.45) is 0. The van der Waals surface area contributed by atoms with E-state index in [1.165, 1.54) is 0 Å². The van der Waals surface area contributed by atoms with Crippen molar-refractivity contribution in [2.24, 2.45) is 0 Å². The number of hydrogen-bond donors (Lipinski definition) is 0. The van der Waals surface area contributed by atoms with Crippen LogP contribution in [0.1, 0.15) is 0 Å². The first-order valence-electron chi connectivity index (χ1n) is 7.23. The highest BCUT2D eigenvalue weighted by Crippen LogP contribution is 2.31. The van der Waals surface area contributed by atoms with Crippen molar-refractivity contribution in [3.63, 3.8) is 0 Å². The summed E-state index contributed by atoms with van der Waals surface area (Å²) in [6.45, 7) is 0. The van der Waals surface area contributed by atoms with Crippen molar-refractivity contribution in [2.45, 2.75) is 0 Å². The van der Waals surface area contributed by atoms with Gasteiger partial charge in [-0.15, -0.1) is 10.2 Å². The van der Waals surface area contributed by atoms with Gasteiger partial charge < -0.3 is 4.90 Å². The molecular weight excluding hydrogens is 310 g/mol. The summed E-state index contributed by atoms with van der Waals surface area (Å²) in [4.78, 5) is 2.04. The van der Waals surface area contributed by atoms with Gasteiger partial charge in [0.1, 0.15) is 0 Å². The van der Waals surface area contributed by atoms with Gasteiger partial charge in [0, 0.05) is 36.1 Å². The van der Waals surface area contributed by atoms with Crippen molar-refractivity contribution in [2.75, 3.05) is 19.0 Å². The maximum absolute atomic E-state index is 6.36. The summed E-state index contributed by atoms with van der Waals surface area (Å²) >= 11 is 6.36. The molecule has 0 aliphatic carbocycles. The first kappa shape index (κ1) is 14.0. The number of halogens is 1. The van der Waals surface area contributed by atoms with Crippen LogP contribution in [-0.2, 0) is 0 Å². The molecule has 4 aromatic rings. The zero-order valence-electron chi connectivity index (χ0n) is 12.7. The second-order valence-electron chi connectivity index (χ2n) is 5.51. The molecule has 0 unspecified atom stereocenters. The number of rotatable bonds is 2. The molecule has 6 heteroatoms. The SMILES string of the molecule is CN(C)c1ccccc1-c1nnc2c3ccccc3c(Cl)nn12. The molecule has 0 bridgehead atoms. The van der Waals surface area contributed by atoms with Crippen molar-refractivity contribution in [1.29, 1.82) is 0 Å². The lowest BCUT2D eigenvalue weighted by Crippen LogP contribution is -2.10. The number of fused-ring (bicyclic) bond motifs is 3. The summed E-state index contributed by atoms with van der Waals surface area (Å²) in [5.74, 6) is 0.678. The predicted molar refractivity (Wildman–Crippen MR) is 93.1 cm³/mol. The third-order valence-electron chi connectivity index (χ3n) is 3.85. The molecule has 0 saturated carbocycles. The quantitative estimate of drug-likeness (QED) is 0.565. The maximum Gasteiger partial charge on any atom is 0.187 e. The summed E-state index contributed by atoms with van der Waals surface area (Å²) < 4.78 is 1.72. The summed E-state index contributed by atoms with van der Waals surface area (Å²) in [6, 6.07) is 15.8. The molecule has 0 fully saturated rings. The molecule has 0 aliphatic rings. The molecule has 2 aromatic carbocycles. The standard InChI is InChI=1S/C17H14ClN5/c1-22(2)14-10-6-5-9-13(14)17-20-19-16-12-8-4-3-7-11(12)15(18)21-23(16)17/h3-10H,1-2H3. The van der Waals surface area contributed by atoms with E-state index >= 15 is 0 Å². The Morgan fingerprint density at radius 1 is 0.913 bits per heavy atom. The monoisotopic (exact) mass is 323 g/mol. The molecule has 0 atom stereocenters. The van der Waals surface area contributed by atoms with E-state index in [1.807, 2.05) is 67.5 Å². The number of nitrogens with zero attached hydrogens (tertiary/aromatic N) is 5. The normalized spacial score (nSPS) is 11.3. The van der Waals surface area contributed by atoms with E-state index in [-0.39, 0.29) is 0 Å². The molecule has 23 heavy (non-hydrogen) atoms. The Hall–Kier alpha value is -2.66. The molecule has 0 radical (unpaired) electrons. The molecule has 0 N–H and O–H groups in total. The lowest BCUT2D eigenvalue weighted by atomic mass is 10.1. The van der Waals surface area contributed by atoms with Gasteiger partial charge in [0.25, 0.3) is 0 Å². The van der Waals surface area contributed by atoms with E-state index < -0.39 is 0 Å². The Labute approximate surface area is 138 Å². The zero-order chi connectivity index (χ0) is 16.0. The van der Waals surface area contributed by atoms with Crippen LogP contribution in [0.5, 0.6) is 0 Å². The number of para-hydroxylation sites is 1. The van der Waals surface area contributed by atoms with Crippen LogP contribution in [0.15, 0.2) is 48.5 Å². The fraction of sp³-hybridized carbons (Fsp3) is 0.118. The molecule has 2 heterocycles. The van der Waals surface area contributed by atoms with E-state index in [4.69, 9.17) is 11.6 Å². The Kier molecular flexibility index (Phi) is 3.16. The van der Waals surface area contributed by atoms with Crippen LogP contribution in [0, 0.1) is 0 Å². The highest BCUT2D eigenvalue weighted by atomic mass is 35.5. The van der Waals surface area contributed by atoms with Gasteiger partial charge in [-0.25, -0.2) is 0 Å². The highest BCUT2D eigenvalue weighted by molar-refractivity contribution is 6.34. The van der Waals surface area contributed by atoms with Gasteiger partial charge in [0.2, 0.25) is 0 Å². The fourth-order valence-electron chi connectivity index (χ4n) is 2.76. The van der Waals surface area contributed by atoms with Gasteiger partial charge >= 0.3 is 0 Å². The Balaban J connectivity index is 2.07. The van der Waals surface area contributed by atoms with Gasteiger partial charge in [-0.1, -0.05) is 48.0 Å². The van der Waals surface area contributed by atoms with Gasteiger partial charge in [0.05, 0.1) is 0 Å². The topological polar surface area (TPSA) is 46.3 Å². The lowest BCUT2D eigenvalue weighted by Gasteiger charge is -2.16. The Morgan fingerprint density at radius 2 is 1.61 bits per heavy atom. The van der Waals surface area contributed by atoms with Crippen LogP contribution in [0.3, 0.4) is 0 Å². The minimum Gasteiger partial charge on any atom is -0.377 e. The number of benzene rings is 2. The first-order chi connectivity index (χ1) is 11.2. The molecule has 2 aromatic heterocycles. The zero-order valence-corrected chi connectivity index (χ0v) is 13.5. The molecule has 0 amide bonds. The van der Waals surface area contributed by atoms with Gasteiger partial charge in [-0.3, -0.25) is 0 Å². The molecule has 5 nitrogen and oxygen atoms in total. The highest BCUT2D eigenvalue weighted by Gasteiger charge is 2.17. The van der Waals surface area contributed by atoms with Crippen LogP contribution in [0.25, 0.3) is 27.8 Å². The van der Waals surface area contributed by atoms with E-state index in [1.54, 1.807) is 4.52 Å². The lowest BCUT2D eigenvalue weighted by molar-refractivity contribution is 0.944. The van der Waals surface area contributed by atoms with Gasteiger partial charge in [-0.05, 0) is 12.1 Å².